The molecule has 0 saturated heterocycles. The van der Waals surface area contributed by atoms with Gasteiger partial charge in [-0.1, -0.05) is 66.2 Å². The minimum Gasteiger partial charge on any atom is -0.468 e. The van der Waals surface area contributed by atoms with E-state index in [1.165, 1.54) is 19.2 Å². The predicted molar refractivity (Wildman–Crippen MR) is 147 cm³/mol. The van der Waals surface area contributed by atoms with Gasteiger partial charge in [0.05, 0.1) is 12.0 Å². The lowest BCUT2D eigenvalue weighted by Crippen LogP contribution is -2.41. The van der Waals surface area contributed by atoms with Crippen molar-refractivity contribution in [2.75, 3.05) is 19.0 Å². The van der Waals surface area contributed by atoms with Crippen LogP contribution in [0.15, 0.2) is 83.8 Å². The van der Waals surface area contributed by atoms with Crippen molar-refractivity contribution in [3.8, 4) is 11.1 Å². The fourth-order valence-corrected chi connectivity index (χ4v) is 5.07. The molecule has 0 aliphatic heterocycles. The third kappa shape index (κ3) is 7.87. The number of rotatable bonds is 11. The summed E-state index contributed by atoms with van der Waals surface area (Å²) in [5, 5.41) is 6.90. The predicted octanol–water partition coefficient (Wildman–Crippen LogP) is 4.64. The number of hydrogen-bond acceptors (Lipinski definition) is 5. The van der Waals surface area contributed by atoms with E-state index in [9.17, 15) is 13.2 Å². The quantitative estimate of drug-likeness (QED) is 0.191. The Morgan fingerprint density at radius 1 is 0.944 bits per heavy atom. The first kappa shape index (κ1) is 27.3. The van der Waals surface area contributed by atoms with E-state index >= 15 is 0 Å². The summed E-state index contributed by atoms with van der Waals surface area (Å²) in [6.45, 7) is 2.44. The summed E-state index contributed by atoms with van der Waals surface area (Å²) < 4.78 is 32.7. The maximum absolute atomic E-state index is 12.7. The number of aryl methyl sites for hydroxylation is 1. The van der Waals surface area contributed by atoms with Crippen LogP contribution >= 0.6 is 12.2 Å². The smallest absolute Gasteiger partial charge is 0.323 e. The molecule has 0 amide bonds. The second-order valence-electron chi connectivity index (χ2n) is 8.30. The van der Waals surface area contributed by atoms with E-state index in [1.807, 2.05) is 61.5 Å². The van der Waals surface area contributed by atoms with E-state index in [0.717, 1.165) is 22.4 Å². The normalized spacial score (nSPS) is 11.9. The topological polar surface area (TPSA) is 96.5 Å². The first-order chi connectivity index (χ1) is 17.3. The number of para-hydroxylation sites is 1. The van der Waals surface area contributed by atoms with Crippen molar-refractivity contribution in [3.63, 3.8) is 0 Å². The molecule has 3 rings (SSSR count). The van der Waals surface area contributed by atoms with Crippen molar-refractivity contribution in [1.29, 1.82) is 0 Å². The number of hydrogen-bond donors (Lipinski definition) is 3. The molecule has 0 bridgehead atoms. The lowest BCUT2D eigenvalue weighted by atomic mass is 10.0. The van der Waals surface area contributed by atoms with Gasteiger partial charge in [-0.15, -0.1) is 0 Å². The Hall–Kier alpha value is -3.27. The van der Waals surface area contributed by atoms with Crippen LogP contribution in [0.1, 0.15) is 24.8 Å². The number of anilines is 1. The van der Waals surface area contributed by atoms with Gasteiger partial charge in [0.25, 0.3) is 0 Å². The van der Waals surface area contributed by atoms with Crippen LogP contribution in [0, 0.1) is 6.92 Å². The molecule has 3 aromatic rings. The number of carbonyl (C=O) groups is 1. The number of unbranched alkanes of at least 4 members (excludes halogenated alkanes) is 1. The maximum atomic E-state index is 12.7. The minimum absolute atomic E-state index is 0.107. The van der Waals surface area contributed by atoms with E-state index in [4.69, 9.17) is 17.0 Å². The minimum atomic E-state index is -3.85. The maximum Gasteiger partial charge on any atom is 0.323 e. The van der Waals surface area contributed by atoms with Crippen LogP contribution in [0.25, 0.3) is 11.1 Å². The molecule has 7 nitrogen and oxygen atoms in total. The van der Waals surface area contributed by atoms with Gasteiger partial charge in [0.15, 0.2) is 5.11 Å². The van der Waals surface area contributed by atoms with Crippen molar-refractivity contribution >= 4 is 39.0 Å². The van der Waals surface area contributed by atoms with Crippen LogP contribution in [-0.4, -0.2) is 39.2 Å². The number of sulfonamides is 1. The fraction of sp³-hybridized carbons (Fsp3) is 0.259. The number of carbonyl (C=O) groups excluding carboxylic acids is 1. The number of esters is 1. The molecule has 0 saturated carbocycles. The Bertz CT molecular complexity index is 1260. The van der Waals surface area contributed by atoms with Crippen LogP contribution in [0.3, 0.4) is 0 Å². The van der Waals surface area contributed by atoms with Gasteiger partial charge in [-0.25, -0.2) is 8.42 Å². The molecule has 1 atom stereocenters. The van der Waals surface area contributed by atoms with Crippen molar-refractivity contribution < 1.29 is 17.9 Å². The Labute approximate surface area is 218 Å². The second-order valence-corrected chi connectivity index (χ2v) is 10.4. The Balaban J connectivity index is 1.49. The summed E-state index contributed by atoms with van der Waals surface area (Å²) in [6, 6.07) is 23.5. The van der Waals surface area contributed by atoms with Crippen LogP contribution in [0.2, 0.25) is 0 Å². The molecule has 3 aromatic carbocycles. The first-order valence-corrected chi connectivity index (χ1v) is 13.6. The summed E-state index contributed by atoms with van der Waals surface area (Å²) in [5.74, 6) is -0.617. The van der Waals surface area contributed by atoms with Gasteiger partial charge in [-0.3, -0.25) is 4.79 Å². The lowest BCUT2D eigenvalue weighted by molar-refractivity contribution is -0.142. The first-order valence-electron chi connectivity index (χ1n) is 11.7. The van der Waals surface area contributed by atoms with E-state index in [0.29, 0.717) is 30.9 Å². The zero-order chi connectivity index (χ0) is 26.0. The molecule has 0 heterocycles. The highest BCUT2D eigenvalue weighted by atomic mass is 32.2. The molecule has 36 heavy (non-hydrogen) atoms. The second kappa shape index (κ2) is 13.2. The number of nitrogens with one attached hydrogen (secondary N) is 3. The number of thiocarbonyl (C=S) groups is 1. The highest BCUT2D eigenvalue weighted by molar-refractivity contribution is 7.89. The van der Waals surface area contributed by atoms with Crippen molar-refractivity contribution in [1.82, 2.24) is 10.0 Å². The highest BCUT2D eigenvalue weighted by Gasteiger charge is 2.26. The van der Waals surface area contributed by atoms with Crippen molar-refractivity contribution in [3.05, 3.63) is 84.4 Å². The van der Waals surface area contributed by atoms with Crippen molar-refractivity contribution in [2.24, 2.45) is 0 Å². The molecular formula is C27H31N3O4S2. The third-order valence-electron chi connectivity index (χ3n) is 5.58. The van der Waals surface area contributed by atoms with Crippen LogP contribution in [-0.2, 0) is 19.6 Å². The van der Waals surface area contributed by atoms with E-state index in [2.05, 4.69) is 15.4 Å². The molecule has 0 aromatic heterocycles. The van der Waals surface area contributed by atoms with Gasteiger partial charge >= 0.3 is 5.97 Å². The van der Waals surface area contributed by atoms with E-state index < -0.39 is 22.0 Å². The molecule has 0 aliphatic rings. The van der Waals surface area contributed by atoms with Gasteiger partial charge in [0, 0.05) is 17.8 Å². The van der Waals surface area contributed by atoms with Gasteiger partial charge in [-0.2, -0.15) is 4.72 Å². The molecule has 0 aliphatic carbocycles. The summed E-state index contributed by atoms with van der Waals surface area (Å²) in [7, 11) is -2.60. The number of methoxy groups -OCH3 is 1. The average Bonchev–Trinajstić information content (AvgIpc) is 2.88. The molecule has 0 radical (unpaired) electrons. The zero-order valence-corrected chi connectivity index (χ0v) is 22.0. The summed E-state index contributed by atoms with van der Waals surface area (Å²) >= 11 is 5.45. The van der Waals surface area contributed by atoms with Gasteiger partial charge < -0.3 is 15.4 Å². The molecule has 190 valence electrons. The van der Waals surface area contributed by atoms with Crippen LogP contribution in [0.5, 0.6) is 0 Å². The van der Waals surface area contributed by atoms with Crippen molar-refractivity contribution in [2.45, 2.75) is 37.1 Å². The van der Waals surface area contributed by atoms with Gasteiger partial charge in [0.1, 0.15) is 6.04 Å². The van der Waals surface area contributed by atoms with Gasteiger partial charge in [-0.05, 0) is 62.2 Å². The molecule has 0 fully saturated rings. The molecule has 0 spiro atoms. The lowest BCUT2D eigenvalue weighted by Gasteiger charge is -2.17. The summed E-state index contributed by atoms with van der Waals surface area (Å²) in [6.07, 6.45) is 1.57. The molecular weight excluding hydrogens is 494 g/mol. The Kier molecular flexibility index (Phi) is 9.98. The Morgan fingerprint density at radius 3 is 2.31 bits per heavy atom. The standard InChI is InChI=1S/C27H31N3O4S2/c1-20-15-17-22(18-16-20)36(32,33)30-25(26(31)34-2)14-8-9-19-28-27(35)29-24-13-7-6-12-23(24)21-10-4-3-5-11-21/h3-7,10-13,15-18,25,30H,8-9,14,19H2,1-2H3,(H2,28,29,35). The molecule has 1 unspecified atom stereocenters. The largest absolute Gasteiger partial charge is 0.468 e. The fourth-order valence-electron chi connectivity index (χ4n) is 3.64. The van der Waals surface area contributed by atoms with Crippen LogP contribution in [0.4, 0.5) is 5.69 Å². The van der Waals surface area contributed by atoms with E-state index in [-0.39, 0.29) is 4.90 Å². The van der Waals surface area contributed by atoms with Gasteiger partial charge in [0.2, 0.25) is 10.0 Å². The molecule has 3 N–H and O–H groups in total. The average molecular weight is 526 g/mol. The molecule has 9 heteroatoms. The van der Waals surface area contributed by atoms with Crippen LogP contribution < -0.4 is 15.4 Å². The van der Waals surface area contributed by atoms with E-state index in [1.54, 1.807) is 12.1 Å². The monoisotopic (exact) mass is 525 g/mol. The third-order valence-corrected chi connectivity index (χ3v) is 7.31. The summed E-state index contributed by atoms with van der Waals surface area (Å²) in [4.78, 5) is 12.3. The highest BCUT2D eigenvalue weighted by Crippen LogP contribution is 2.27. The number of benzene rings is 3. The zero-order valence-electron chi connectivity index (χ0n) is 20.4. The SMILES string of the molecule is COC(=O)C(CCCCNC(=S)Nc1ccccc1-c1ccccc1)NS(=O)(=O)c1ccc(C)cc1. The Morgan fingerprint density at radius 2 is 1.61 bits per heavy atom. The summed E-state index contributed by atoms with van der Waals surface area (Å²) in [5.41, 5.74) is 3.98. The number of ether oxygens (including phenoxy) is 1.